The predicted molar refractivity (Wildman–Crippen MR) is 35.7 cm³/mol. The van der Waals surface area contributed by atoms with Gasteiger partial charge in [0, 0.05) is 12.4 Å². The molecule has 0 amide bonds. The Morgan fingerprint density at radius 3 is 1.91 bits per heavy atom. The number of nitrogens with zero attached hydrogens (tertiary/aromatic N) is 1. The molecule has 0 aromatic carbocycles. The van der Waals surface area contributed by atoms with Gasteiger partial charge in [0.15, 0.2) is 0 Å². The minimum absolute atomic E-state index is 0.500. The van der Waals surface area contributed by atoms with Crippen LogP contribution in [-0.2, 0) is 4.79 Å². The number of rotatable bonds is 1. The van der Waals surface area contributed by atoms with Crippen molar-refractivity contribution in [3.63, 3.8) is 0 Å². The van der Waals surface area contributed by atoms with Gasteiger partial charge in [0.25, 0.3) is 0 Å². The second-order valence-electron chi connectivity index (χ2n) is 1.58. The number of hydrogen-bond acceptors (Lipinski definition) is 2. The Morgan fingerprint density at radius 2 is 1.82 bits per heavy atom. The molecule has 1 aromatic heterocycles. The van der Waals surface area contributed by atoms with Gasteiger partial charge in [-0.25, -0.2) is 4.79 Å². The van der Waals surface area contributed by atoms with Crippen molar-refractivity contribution in [3.05, 3.63) is 24.5 Å². The molecule has 0 aliphatic heterocycles. The molecule has 0 unspecified atom stereocenters. The number of aromatic nitrogens is 1. The van der Waals surface area contributed by atoms with E-state index < -0.39 is 12.6 Å². The molecule has 0 aliphatic rings. The molecule has 0 fully saturated rings. The average molecular weight is 161 g/mol. The summed E-state index contributed by atoms with van der Waals surface area (Å²) in [4.78, 5) is 9.62. The zero-order chi connectivity index (χ0) is 8.69. The Morgan fingerprint density at radius 1 is 1.45 bits per heavy atom. The fourth-order valence-electron chi connectivity index (χ4n) is 0.314. The number of aliphatic hydroxyl groups is 1. The molecule has 0 spiro atoms. The van der Waals surface area contributed by atoms with Crippen LogP contribution in [0.3, 0.4) is 0 Å². The monoisotopic (exact) mass is 161 g/mol. The summed E-state index contributed by atoms with van der Waals surface area (Å²) in [6, 6.07) is 3.25. The van der Waals surface area contributed by atoms with E-state index in [1.165, 1.54) is 12.4 Å². The number of carbonyl (C=O) groups is 1. The van der Waals surface area contributed by atoms with E-state index >= 15 is 0 Å². The molecule has 0 saturated heterocycles. The quantitative estimate of drug-likeness (QED) is 0.622. The largest absolute Gasteiger partial charge is 0.480 e. The first-order valence-corrected chi connectivity index (χ1v) is 2.78. The van der Waals surface area contributed by atoms with Crippen molar-refractivity contribution in [3.8, 4) is 0 Å². The van der Waals surface area contributed by atoms with Crippen LogP contribution in [0.15, 0.2) is 24.5 Å². The van der Waals surface area contributed by atoms with Gasteiger partial charge in [-0.3, -0.25) is 0 Å². The first-order valence-electron chi connectivity index (χ1n) is 2.78. The Kier molecular flexibility index (Phi) is 4.76. The summed E-state index contributed by atoms with van der Waals surface area (Å²) >= 11 is 0. The van der Waals surface area contributed by atoms with Crippen molar-refractivity contribution >= 4 is 5.97 Å². The highest BCUT2D eigenvalue weighted by Crippen LogP contribution is 1.84. The van der Waals surface area contributed by atoms with E-state index in [1.807, 2.05) is 0 Å². The zero-order valence-corrected chi connectivity index (χ0v) is 5.64. The van der Waals surface area contributed by atoms with Gasteiger partial charge in [-0.15, -0.1) is 0 Å². The van der Waals surface area contributed by atoms with Crippen LogP contribution in [0.2, 0.25) is 0 Å². The highest BCUT2D eigenvalue weighted by atomic mass is 19.2. The molecular weight excluding hydrogens is 153 g/mol. The lowest BCUT2D eigenvalue weighted by atomic mass is 10.7. The molecule has 1 aromatic rings. The van der Waals surface area contributed by atoms with Gasteiger partial charge < -0.3 is 10.2 Å². The molecule has 0 saturated carbocycles. The van der Waals surface area contributed by atoms with Crippen molar-refractivity contribution in [1.82, 2.24) is 4.79 Å². The van der Waals surface area contributed by atoms with Crippen LogP contribution in [0, 0.1) is 0 Å². The van der Waals surface area contributed by atoms with Crippen LogP contribution in [0.1, 0.15) is 0 Å². The Labute approximate surface area is 62.4 Å². The fourth-order valence-corrected chi connectivity index (χ4v) is 0.314. The molecule has 62 valence electrons. The smallest absolute Gasteiger partial charge is 0.329 e. The predicted octanol–water partition coefficient (Wildman–Crippen LogP) is 0.284. The highest BCUT2D eigenvalue weighted by Gasteiger charge is 1.82. The normalized spacial score (nSPS) is 8.18. The molecular formula is C6H8FNO3. The number of hydrogen-bond donors (Lipinski definition) is 2. The number of aliphatic hydroxyl groups excluding tert-OH is 1. The lowest BCUT2D eigenvalue weighted by molar-refractivity contribution is -0.140. The number of carboxylic acids is 1. The van der Waals surface area contributed by atoms with Crippen molar-refractivity contribution in [2.75, 3.05) is 6.61 Å². The summed E-state index contributed by atoms with van der Waals surface area (Å²) in [6.45, 7) is -0.778. The third kappa shape index (κ3) is 6.53. The van der Waals surface area contributed by atoms with Crippen molar-refractivity contribution < 1.29 is 19.5 Å². The molecule has 0 bridgehead atoms. The van der Waals surface area contributed by atoms with Crippen LogP contribution < -0.4 is 0 Å². The van der Waals surface area contributed by atoms with Gasteiger partial charge in [-0.05, 0) is 12.1 Å². The van der Waals surface area contributed by atoms with Gasteiger partial charge in [-0.1, -0.05) is 4.48 Å². The van der Waals surface area contributed by atoms with E-state index in [-0.39, 0.29) is 0 Å². The number of carboxylic acid groups (broad SMARTS) is 1. The van der Waals surface area contributed by atoms with E-state index in [9.17, 15) is 4.48 Å². The summed E-state index contributed by atoms with van der Waals surface area (Å²) in [6.07, 6.45) is 2.67. The molecule has 1 rings (SSSR count). The Hall–Kier alpha value is -1.36. The second kappa shape index (κ2) is 5.43. The van der Waals surface area contributed by atoms with Crippen LogP contribution in [0.5, 0.6) is 0 Å². The summed E-state index contributed by atoms with van der Waals surface area (Å²) in [5, 5.41) is 15.0. The van der Waals surface area contributed by atoms with E-state index in [2.05, 4.69) is 0 Å². The van der Waals surface area contributed by atoms with Gasteiger partial charge in [0.1, 0.15) is 6.61 Å². The molecule has 0 atom stereocenters. The topological polar surface area (TPSA) is 62.5 Å². The lowest BCUT2D eigenvalue weighted by Gasteiger charge is -1.72. The summed E-state index contributed by atoms with van der Waals surface area (Å²) in [5.74, 6) is -1.19. The molecule has 11 heavy (non-hydrogen) atoms. The molecule has 1 heterocycles. The average Bonchev–Trinajstić information content (AvgIpc) is 2.41. The molecule has 5 heteroatoms. The van der Waals surface area contributed by atoms with E-state index in [0.717, 1.165) is 0 Å². The van der Waals surface area contributed by atoms with Gasteiger partial charge in [0.05, 0.1) is 0 Å². The molecule has 0 aliphatic carbocycles. The summed E-state index contributed by atoms with van der Waals surface area (Å²) in [5.41, 5.74) is 0. The Balaban J connectivity index is 0.000000187. The number of aliphatic carboxylic acids is 1. The first kappa shape index (κ1) is 9.64. The van der Waals surface area contributed by atoms with Crippen LogP contribution in [0.4, 0.5) is 4.48 Å². The van der Waals surface area contributed by atoms with Gasteiger partial charge in [0.2, 0.25) is 0 Å². The number of halogens is 1. The lowest BCUT2D eigenvalue weighted by Crippen LogP contribution is -1.98. The highest BCUT2D eigenvalue weighted by molar-refractivity contribution is 5.67. The van der Waals surface area contributed by atoms with E-state index in [0.29, 0.717) is 4.79 Å². The minimum atomic E-state index is -1.19. The zero-order valence-electron chi connectivity index (χ0n) is 5.64. The molecule has 2 N–H and O–H groups in total. The summed E-state index contributed by atoms with van der Waals surface area (Å²) < 4.78 is 11.6. The second-order valence-corrected chi connectivity index (χ2v) is 1.58. The maximum absolute atomic E-state index is 11.6. The third-order valence-electron chi connectivity index (χ3n) is 0.703. The Bertz CT molecular complexity index is 198. The molecule has 0 radical (unpaired) electrons. The van der Waals surface area contributed by atoms with Crippen molar-refractivity contribution in [2.24, 2.45) is 0 Å². The minimum Gasteiger partial charge on any atom is -0.480 e. The van der Waals surface area contributed by atoms with Crippen LogP contribution in [0.25, 0.3) is 0 Å². The molecule has 4 nitrogen and oxygen atoms in total. The fraction of sp³-hybridized carbons (Fsp3) is 0.167. The maximum atomic E-state index is 11.6. The van der Waals surface area contributed by atoms with Crippen LogP contribution >= 0.6 is 0 Å². The standard InChI is InChI=1S/C4H4FN.C2H4O3/c5-6-3-1-2-4-6;3-1-2(4)5/h1-4H;3H,1H2,(H,4,5). The van der Waals surface area contributed by atoms with E-state index in [1.54, 1.807) is 12.1 Å². The van der Waals surface area contributed by atoms with Crippen molar-refractivity contribution in [2.45, 2.75) is 0 Å². The van der Waals surface area contributed by atoms with Crippen LogP contribution in [-0.4, -0.2) is 27.6 Å². The third-order valence-corrected chi connectivity index (χ3v) is 0.703. The first-order chi connectivity index (χ1) is 5.16. The van der Waals surface area contributed by atoms with E-state index in [4.69, 9.17) is 15.0 Å². The van der Waals surface area contributed by atoms with Gasteiger partial charge >= 0.3 is 5.97 Å². The van der Waals surface area contributed by atoms with Crippen molar-refractivity contribution in [1.29, 1.82) is 0 Å². The van der Waals surface area contributed by atoms with Gasteiger partial charge in [-0.2, -0.15) is 4.79 Å². The maximum Gasteiger partial charge on any atom is 0.329 e. The summed E-state index contributed by atoms with van der Waals surface area (Å²) in [7, 11) is 0. The SMILES string of the molecule is Fn1cccc1.O=C(O)CO.